The Bertz CT molecular complexity index is 658. The van der Waals surface area contributed by atoms with Crippen LogP contribution in [0.3, 0.4) is 0 Å². The van der Waals surface area contributed by atoms with Gasteiger partial charge >= 0.3 is 0 Å². The Labute approximate surface area is 187 Å². The molecule has 1 atom stereocenters. The van der Waals surface area contributed by atoms with Crippen LogP contribution in [0.1, 0.15) is 18.1 Å². The highest BCUT2D eigenvalue weighted by molar-refractivity contribution is 9.10. The molecule has 0 aliphatic heterocycles. The van der Waals surface area contributed by atoms with Crippen molar-refractivity contribution < 1.29 is 9.84 Å². The Morgan fingerprint density at radius 2 is 1.74 bits per heavy atom. The van der Waals surface area contributed by atoms with Gasteiger partial charge in [0.2, 0.25) is 0 Å². The second kappa shape index (κ2) is 14.5. The van der Waals surface area contributed by atoms with Crippen LogP contribution in [0.15, 0.2) is 46.9 Å². The molecular formula is C19H26BrCl3N2O2. The Morgan fingerprint density at radius 3 is 2.41 bits per heavy atom. The lowest BCUT2D eigenvalue weighted by Crippen LogP contribution is -2.31. The third-order valence-corrected chi connectivity index (χ3v) is 4.31. The highest BCUT2D eigenvalue weighted by atomic mass is 79.9. The van der Waals surface area contributed by atoms with E-state index < -0.39 is 0 Å². The van der Waals surface area contributed by atoms with Crippen LogP contribution in [-0.4, -0.2) is 30.8 Å². The molecule has 0 saturated carbocycles. The SMILES string of the molecule is CC(O)CNCCNCc1cc(Br)ccc1OCc1ccc(Cl)cc1.Cl.Cl. The molecule has 2 aromatic carbocycles. The standard InChI is InChI=1S/C19H24BrClN2O2.2ClH/c1-14(24)11-22-8-9-23-12-16-10-17(20)4-7-19(16)25-13-15-2-5-18(21)6-3-15;;/h2-7,10,14,22-24H,8-9,11-13H2,1H3;2*1H. The fourth-order valence-electron chi connectivity index (χ4n) is 2.28. The number of hydrogen-bond donors (Lipinski definition) is 3. The van der Waals surface area contributed by atoms with E-state index in [0.29, 0.717) is 19.7 Å². The van der Waals surface area contributed by atoms with Crippen molar-refractivity contribution in [2.24, 2.45) is 0 Å². The molecule has 0 radical (unpaired) electrons. The first-order chi connectivity index (χ1) is 12.0. The first-order valence-corrected chi connectivity index (χ1v) is 9.47. The summed E-state index contributed by atoms with van der Waals surface area (Å²) in [5, 5.41) is 16.5. The van der Waals surface area contributed by atoms with Crippen LogP contribution in [0.4, 0.5) is 0 Å². The lowest BCUT2D eigenvalue weighted by atomic mass is 10.2. The zero-order valence-electron chi connectivity index (χ0n) is 15.1. The zero-order valence-corrected chi connectivity index (χ0v) is 19.1. The van der Waals surface area contributed by atoms with E-state index in [9.17, 15) is 5.11 Å². The first-order valence-electron chi connectivity index (χ1n) is 8.30. The summed E-state index contributed by atoms with van der Waals surface area (Å²) in [6.07, 6.45) is -0.321. The largest absolute Gasteiger partial charge is 0.489 e. The van der Waals surface area contributed by atoms with E-state index in [-0.39, 0.29) is 30.9 Å². The Kier molecular flexibility index (Phi) is 14.2. The summed E-state index contributed by atoms with van der Waals surface area (Å²) >= 11 is 9.42. The molecule has 0 fully saturated rings. The summed E-state index contributed by atoms with van der Waals surface area (Å²) in [5.41, 5.74) is 2.17. The molecule has 27 heavy (non-hydrogen) atoms. The van der Waals surface area contributed by atoms with Crippen LogP contribution in [0.2, 0.25) is 5.02 Å². The summed E-state index contributed by atoms with van der Waals surface area (Å²) in [5.74, 6) is 0.864. The van der Waals surface area contributed by atoms with Crippen molar-refractivity contribution in [1.82, 2.24) is 10.6 Å². The van der Waals surface area contributed by atoms with Crippen molar-refractivity contribution in [2.45, 2.75) is 26.2 Å². The summed E-state index contributed by atoms with van der Waals surface area (Å²) < 4.78 is 7.00. The van der Waals surface area contributed by atoms with E-state index in [0.717, 1.165) is 39.5 Å². The van der Waals surface area contributed by atoms with E-state index in [1.807, 2.05) is 36.4 Å². The molecule has 0 heterocycles. The molecule has 8 heteroatoms. The Balaban J connectivity index is 0.00000338. The van der Waals surface area contributed by atoms with Gasteiger partial charge in [0.1, 0.15) is 12.4 Å². The van der Waals surface area contributed by atoms with Gasteiger partial charge in [-0.3, -0.25) is 0 Å². The van der Waals surface area contributed by atoms with Crippen LogP contribution in [-0.2, 0) is 13.2 Å². The molecule has 2 rings (SSSR count). The maximum Gasteiger partial charge on any atom is 0.124 e. The van der Waals surface area contributed by atoms with Gasteiger partial charge in [-0.25, -0.2) is 0 Å². The van der Waals surface area contributed by atoms with Gasteiger partial charge in [0, 0.05) is 41.2 Å². The Morgan fingerprint density at radius 1 is 1.07 bits per heavy atom. The second-order valence-corrected chi connectivity index (χ2v) is 7.25. The van der Waals surface area contributed by atoms with Gasteiger partial charge in [-0.2, -0.15) is 0 Å². The van der Waals surface area contributed by atoms with Gasteiger partial charge in [-0.1, -0.05) is 39.7 Å². The predicted molar refractivity (Wildman–Crippen MR) is 121 cm³/mol. The summed E-state index contributed by atoms with van der Waals surface area (Å²) in [7, 11) is 0. The van der Waals surface area contributed by atoms with E-state index >= 15 is 0 Å². The molecule has 152 valence electrons. The predicted octanol–water partition coefficient (Wildman–Crippen LogP) is 4.59. The molecule has 0 aliphatic rings. The van der Waals surface area contributed by atoms with Gasteiger partial charge in [0.15, 0.2) is 0 Å². The van der Waals surface area contributed by atoms with Crippen molar-refractivity contribution in [2.75, 3.05) is 19.6 Å². The number of aliphatic hydroxyl groups excluding tert-OH is 1. The van der Waals surface area contributed by atoms with Gasteiger partial charge < -0.3 is 20.5 Å². The number of ether oxygens (including phenoxy) is 1. The minimum absolute atomic E-state index is 0. The number of benzene rings is 2. The van der Waals surface area contributed by atoms with E-state index in [1.165, 1.54) is 0 Å². The van der Waals surface area contributed by atoms with Gasteiger partial charge in [0.05, 0.1) is 6.10 Å². The molecule has 1 unspecified atom stereocenters. The first kappa shape index (κ1) is 26.5. The lowest BCUT2D eigenvalue weighted by Gasteiger charge is -2.13. The topological polar surface area (TPSA) is 53.5 Å². The molecular weight excluding hydrogens is 474 g/mol. The molecule has 3 N–H and O–H groups in total. The molecule has 0 amide bonds. The lowest BCUT2D eigenvalue weighted by molar-refractivity contribution is 0.191. The number of rotatable bonds is 10. The smallest absolute Gasteiger partial charge is 0.124 e. The van der Waals surface area contributed by atoms with Crippen LogP contribution in [0, 0.1) is 0 Å². The number of nitrogens with one attached hydrogen (secondary N) is 2. The molecule has 0 bridgehead atoms. The van der Waals surface area contributed by atoms with Crippen LogP contribution in [0.5, 0.6) is 5.75 Å². The quantitative estimate of drug-likeness (QED) is 0.418. The average molecular weight is 501 g/mol. The molecule has 0 aliphatic carbocycles. The van der Waals surface area contributed by atoms with Gasteiger partial charge in [-0.15, -0.1) is 24.8 Å². The maximum atomic E-state index is 9.21. The number of halogens is 4. The van der Waals surface area contributed by atoms with E-state index in [4.69, 9.17) is 16.3 Å². The molecule has 0 aromatic heterocycles. The van der Waals surface area contributed by atoms with Crippen molar-refractivity contribution in [3.8, 4) is 5.75 Å². The summed E-state index contributed by atoms with van der Waals surface area (Å²) in [4.78, 5) is 0. The van der Waals surface area contributed by atoms with E-state index in [1.54, 1.807) is 6.92 Å². The summed E-state index contributed by atoms with van der Waals surface area (Å²) in [6.45, 7) is 5.21. The second-order valence-electron chi connectivity index (χ2n) is 5.90. The van der Waals surface area contributed by atoms with Gasteiger partial charge in [0.25, 0.3) is 0 Å². The van der Waals surface area contributed by atoms with Crippen molar-refractivity contribution in [3.63, 3.8) is 0 Å². The van der Waals surface area contributed by atoms with Crippen molar-refractivity contribution >= 4 is 52.3 Å². The molecule has 4 nitrogen and oxygen atoms in total. The fourth-order valence-corrected chi connectivity index (χ4v) is 2.81. The maximum absolute atomic E-state index is 9.21. The van der Waals surface area contributed by atoms with Gasteiger partial charge in [-0.05, 0) is 42.8 Å². The monoisotopic (exact) mass is 498 g/mol. The molecule has 0 saturated heterocycles. The van der Waals surface area contributed by atoms with E-state index in [2.05, 4.69) is 32.6 Å². The minimum Gasteiger partial charge on any atom is -0.489 e. The highest BCUT2D eigenvalue weighted by Crippen LogP contribution is 2.24. The van der Waals surface area contributed by atoms with Crippen LogP contribution < -0.4 is 15.4 Å². The molecule has 2 aromatic rings. The highest BCUT2D eigenvalue weighted by Gasteiger charge is 2.05. The minimum atomic E-state index is -0.321. The van der Waals surface area contributed by atoms with Crippen molar-refractivity contribution in [1.29, 1.82) is 0 Å². The number of aliphatic hydroxyl groups is 1. The third-order valence-electron chi connectivity index (χ3n) is 3.56. The van der Waals surface area contributed by atoms with Crippen molar-refractivity contribution in [3.05, 3.63) is 63.1 Å². The summed E-state index contributed by atoms with van der Waals surface area (Å²) in [6, 6.07) is 13.7. The average Bonchev–Trinajstić information content (AvgIpc) is 2.58. The van der Waals surface area contributed by atoms with Crippen LogP contribution >= 0.6 is 52.3 Å². The fraction of sp³-hybridized carbons (Fsp3) is 0.368. The third kappa shape index (κ3) is 10.5. The zero-order chi connectivity index (χ0) is 18.1. The van der Waals surface area contributed by atoms with Crippen LogP contribution in [0.25, 0.3) is 0 Å². The normalized spacial score (nSPS) is 11.3. The number of hydrogen-bond acceptors (Lipinski definition) is 4. The molecule has 0 spiro atoms. The Hall–Kier alpha value is -0.530.